The fourth-order valence-corrected chi connectivity index (χ4v) is 3.95. The Morgan fingerprint density at radius 2 is 1.40 bits per heavy atom. The van der Waals surface area contributed by atoms with Crippen LogP contribution in [0.2, 0.25) is 0 Å². The molecule has 0 saturated heterocycles. The molecule has 4 rings (SSSR count). The molecule has 126 valence electrons. The molecule has 0 bridgehead atoms. The van der Waals surface area contributed by atoms with Crippen molar-refractivity contribution < 1.29 is 0 Å². The van der Waals surface area contributed by atoms with Gasteiger partial charge in [0, 0.05) is 18.2 Å². The molecule has 0 heterocycles. The number of aryl methyl sites for hydroxylation is 1. The Morgan fingerprint density at radius 3 is 2.16 bits per heavy atom. The van der Waals surface area contributed by atoms with E-state index >= 15 is 0 Å². The normalized spacial score (nSPS) is 13.9. The molecule has 2 N–H and O–H groups in total. The lowest BCUT2D eigenvalue weighted by molar-refractivity contribution is 0.660. The lowest BCUT2D eigenvalue weighted by Gasteiger charge is -2.23. The quantitative estimate of drug-likeness (QED) is 0.608. The van der Waals surface area contributed by atoms with Crippen LogP contribution in [0.25, 0.3) is 11.1 Å². The fraction of sp³-hybridized carbons (Fsp3) is 0.217. The van der Waals surface area contributed by atoms with Crippen LogP contribution in [0.15, 0.2) is 60.7 Å². The summed E-state index contributed by atoms with van der Waals surface area (Å²) in [6.07, 6.45) is 0. The van der Waals surface area contributed by atoms with Gasteiger partial charge in [-0.3, -0.25) is 0 Å². The molecule has 0 spiro atoms. The Hall–Kier alpha value is -2.74. The summed E-state index contributed by atoms with van der Waals surface area (Å²) in [5.74, 6) is 0. The summed E-state index contributed by atoms with van der Waals surface area (Å²) in [4.78, 5) is 0. The Bertz CT molecular complexity index is 954. The number of rotatable bonds is 3. The number of fused-ring (bicyclic) bond motifs is 3. The van der Waals surface area contributed by atoms with E-state index in [-0.39, 0.29) is 5.41 Å². The molecular weight excluding hydrogens is 304 g/mol. The van der Waals surface area contributed by atoms with Crippen molar-refractivity contribution in [2.45, 2.75) is 26.2 Å². The molecule has 25 heavy (non-hydrogen) atoms. The highest BCUT2D eigenvalue weighted by Crippen LogP contribution is 2.50. The van der Waals surface area contributed by atoms with E-state index in [2.05, 4.69) is 86.0 Å². The first-order chi connectivity index (χ1) is 12.0. The SMILES string of the molecule is CNc1ccccc1Nc1cc2c(cc1C)-c1ccccc1C2(C)C. The molecule has 3 aromatic rings. The van der Waals surface area contributed by atoms with Gasteiger partial charge in [0.2, 0.25) is 0 Å². The average Bonchev–Trinajstić information content (AvgIpc) is 2.84. The lowest BCUT2D eigenvalue weighted by atomic mass is 9.82. The van der Waals surface area contributed by atoms with Crippen molar-refractivity contribution in [1.29, 1.82) is 0 Å². The number of benzene rings is 3. The van der Waals surface area contributed by atoms with Crippen LogP contribution in [0.5, 0.6) is 0 Å². The standard InChI is InChI=1S/C23H24N2/c1-15-13-17-16-9-5-6-10-18(16)23(2,3)19(17)14-22(15)25-21-12-8-7-11-20(21)24-4/h5-14,24-25H,1-4H3. The number of hydrogen-bond donors (Lipinski definition) is 2. The van der Waals surface area contributed by atoms with E-state index in [1.54, 1.807) is 0 Å². The van der Waals surface area contributed by atoms with E-state index in [1.807, 2.05) is 13.1 Å². The van der Waals surface area contributed by atoms with Crippen molar-refractivity contribution in [3.05, 3.63) is 77.4 Å². The van der Waals surface area contributed by atoms with E-state index < -0.39 is 0 Å². The van der Waals surface area contributed by atoms with Crippen LogP contribution in [-0.4, -0.2) is 7.05 Å². The minimum Gasteiger partial charge on any atom is -0.386 e. The summed E-state index contributed by atoms with van der Waals surface area (Å²) in [5, 5.41) is 6.88. The number of nitrogens with one attached hydrogen (secondary N) is 2. The van der Waals surface area contributed by atoms with Crippen LogP contribution >= 0.6 is 0 Å². The predicted octanol–water partition coefficient (Wildman–Crippen LogP) is 6.09. The zero-order chi connectivity index (χ0) is 17.6. The molecule has 2 heteroatoms. The van der Waals surface area contributed by atoms with Crippen molar-refractivity contribution in [3.8, 4) is 11.1 Å². The monoisotopic (exact) mass is 328 g/mol. The Labute approximate surface area is 149 Å². The van der Waals surface area contributed by atoms with Gasteiger partial charge < -0.3 is 10.6 Å². The van der Waals surface area contributed by atoms with Crippen LogP contribution < -0.4 is 10.6 Å². The molecule has 0 aromatic heterocycles. The maximum absolute atomic E-state index is 3.62. The zero-order valence-electron chi connectivity index (χ0n) is 15.3. The first-order valence-electron chi connectivity index (χ1n) is 8.81. The van der Waals surface area contributed by atoms with Crippen molar-refractivity contribution in [1.82, 2.24) is 0 Å². The average molecular weight is 328 g/mol. The van der Waals surface area contributed by atoms with Gasteiger partial charge in [0.25, 0.3) is 0 Å². The first-order valence-corrected chi connectivity index (χ1v) is 8.81. The van der Waals surface area contributed by atoms with Gasteiger partial charge in [-0.15, -0.1) is 0 Å². The molecule has 0 unspecified atom stereocenters. The van der Waals surface area contributed by atoms with Crippen molar-refractivity contribution in [2.24, 2.45) is 0 Å². The highest BCUT2D eigenvalue weighted by atomic mass is 14.9. The van der Waals surface area contributed by atoms with Crippen LogP contribution in [0.3, 0.4) is 0 Å². The highest BCUT2D eigenvalue weighted by Gasteiger charge is 2.35. The first kappa shape index (κ1) is 15.8. The molecule has 0 aliphatic heterocycles. The van der Waals surface area contributed by atoms with E-state index in [0.29, 0.717) is 0 Å². The second kappa shape index (κ2) is 5.66. The summed E-state index contributed by atoms with van der Waals surface area (Å²) in [7, 11) is 1.95. The molecule has 3 aromatic carbocycles. The molecular formula is C23H24N2. The van der Waals surface area contributed by atoms with Gasteiger partial charge in [-0.2, -0.15) is 0 Å². The van der Waals surface area contributed by atoms with E-state index in [9.17, 15) is 0 Å². The third-order valence-corrected chi connectivity index (χ3v) is 5.39. The molecule has 0 fully saturated rings. The van der Waals surface area contributed by atoms with Gasteiger partial charge in [-0.05, 0) is 59.0 Å². The van der Waals surface area contributed by atoms with Crippen molar-refractivity contribution in [2.75, 3.05) is 17.7 Å². The highest BCUT2D eigenvalue weighted by molar-refractivity contribution is 5.85. The Morgan fingerprint density at radius 1 is 0.720 bits per heavy atom. The van der Waals surface area contributed by atoms with E-state index in [1.165, 1.54) is 33.5 Å². The van der Waals surface area contributed by atoms with Gasteiger partial charge in [0.1, 0.15) is 0 Å². The zero-order valence-corrected chi connectivity index (χ0v) is 15.3. The predicted molar refractivity (Wildman–Crippen MR) is 108 cm³/mol. The number of anilines is 3. The molecule has 0 amide bonds. The Kier molecular flexibility index (Phi) is 3.57. The molecule has 1 aliphatic rings. The van der Waals surface area contributed by atoms with Crippen LogP contribution in [0.1, 0.15) is 30.5 Å². The minimum atomic E-state index is 0.0264. The minimum absolute atomic E-state index is 0.0264. The maximum Gasteiger partial charge on any atom is 0.0619 e. The third kappa shape index (κ3) is 2.41. The molecule has 1 aliphatic carbocycles. The van der Waals surface area contributed by atoms with Gasteiger partial charge in [0.05, 0.1) is 11.4 Å². The molecule has 0 saturated carbocycles. The second-order valence-electron chi connectivity index (χ2n) is 7.30. The lowest BCUT2D eigenvalue weighted by Crippen LogP contribution is -2.15. The largest absolute Gasteiger partial charge is 0.386 e. The van der Waals surface area contributed by atoms with Crippen LogP contribution in [0, 0.1) is 6.92 Å². The van der Waals surface area contributed by atoms with E-state index in [4.69, 9.17) is 0 Å². The number of hydrogen-bond acceptors (Lipinski definition) is 2. The van der Waals surface area contributed by atoms with E-state index in [0.717, 1.165) is 11.4 Å². The van der Waals surface area contributed by atoms with Gasteiger partial charge in [-0.1, -0.05) is 50.2 Å². The summed E-state index contributed by atoms with van der Waals surface area (Å²) in [6, 6.07) is 21.7. The van der Waals surface area contributed by atoms with Gasteiger partial charge in [-0.25, -0.2) is 0 Å². The molecule has 0 radical (unpaired) electrons. The van der Waals surface area contributed by atoms with Crippen LogP contribution in [0.4, 0.5) is 17.1 Å². The summed E-state index contributed by atoms with van der Waals surface area (Å²) in [5.41, 5.74) is 10.2. The van der Waals surface area contributed by atoms with Crippen LogP contribution in [-0.2, 0) is 5.41 Å². The van der Waals surface area contributed by atoms with Crippen molar-refractivity contribution >= 4 is 17.1 Å². The van der Waals surface area contributed by atoms with Gasteiger partial charge >= 0.3 is 0 Å². The molecule has 0 atom stereocenters. The van der Waals surface area contributed by atoms with Crippen molar-refractivity contribution in [3.63, 3.8) is 0 Å². The summed E-state index contributed by atoms with van der Waals surface area (Å²) < 4.78 is 0. The summed E-state index contributed by atoms with van der Waals surface area (Å²) in [6.45, 7) is 6.81. The van der Waals surface area contributed by atoms with Gasteiger partial charge in [0.15, 0.2) is 0 Å². The summed E-state index contributed by atoms with van der Waals surface area (Å²) >= 11 is 0. The Balaban J connectivity index is 1.83. The fourth-order valence-electron chi connectivity index (χ4n) is 3.95. The smallest absolute Gasteiger partial charge is 0.0619 e. The number of para-hydroxylation sites is 2. The third-order valence-electron chi connectivity index (χ3n) is 5.39. The second-order valence-corrected chi connectivity index (χ2v) is 7.30. The topological polar surface area (TPSA) is 24.1 Å². The molecule has 2 nitrogen and oxygen atoms in total. The maximum atomic E-state index is 3.62.